The molecule has 0 bridgehead atoms. The third-order valence-corrected chi connectivity index (χ3v) is 5.23. The third-order valence-electron chi connectivity index (χ3n) is 5.23. The van der Waals surface area contributed by atoms with E-state index in [0.29, 0.717) is 39.0 Å². The van der Waals surface area contributed by atoms with Crippen LogP contribution >= 0.6 is 0 Å². The second-order valence-corrected chi connectivity index (χ2v) is 8.92. The molecule has 2 aliphatic heterocycles. The van der Waals surface area contributed by atoms with Gasteiger partial charge in [0.1, 0.15) is 18.2 Å². The van der Waals surface area contributed by atoms with Crippen molar-refractivity contribution in [2.45, 2.75) is 45.3 Å². The van der Waals surface area contributed by atoms with Crippen LogP contribution in [0.4, 0.5) is 16.2 Å². The average molecular weight is 446 g/mol. The number of amides is 4. The van der Waals surface area contributed by atoms with Gasteiger partial charge in [0.15, 0.2) is 0 Å². The van der Waals surface area contributed by atoms with Gasteiger partial charge in [0.05, 0.1) is 0 Å². The Bertz CT molecular complexity index is 856. The van der Waals surface area contributed by atoms with Crippen molar-refractivity contribution in [2.75, 3.05) is 42.9 Å². The lowest BCUT2D eigenvalue weighted by Crippen LogP contribution is -2.51. The van der Waals surface area contributed by atoms with Gasteiger partial charge in [0.25, 0.3) is 0 Å². The molecule has 3 N–H and O–H groups in total. The maximum atomic E-state index is 12.4. The lowest BCUT2D eigenvalue weighted by molar-refractivity contribution is -0.133. The van der Waals surface area contributed by atoms with Crippen molar-refractivity contribution in [3.8, 4) is 0 Å². The molecule has 1 unspecified atom stereocenters. The lowest BCUT2D eigenvalue weighted by Gasteiger charge is -2.36. The minimum Gasteiger partial charge on any atom is -0.444 e. The quantitative estimate of drug-likeness (QED) is 0.580. The van der Waals surface area contributed by atoms with Crippen LogP contribution in [0.2, 0.25) is 0 Å². The van der Waals surface area contributed by atoms with E-state index in [1.165, 1.54) is 0 Å². The van der Waals surface area contributed by atoms with E-state index in [-0.39, 0.29) is 24.3 Å². The van der Waals surface area contributed by atoms with Crippen LogP contribution in [0.1, 0.15) is 33.6 Å². The maximum Gasteiger partial charge on any atom is 0.408 e. The second kappa shape index (κ2) is 9.88. The number of alkyl carbamates (subject to hydrolysis) is 1. The molecule has 1 aromatic carbocycles. The summed E-state index contributed by atoms with van der Waals surface area (Å²) < 4.78 is 5.15. The van der Waals surface area contributed by atoms with Crippen molar-refractivity contribution in [1.82, 2.24) is 15.5 Å². The molecule has 3 rings (SSSR count). The second-order valence-electron chi connectivity index (χ2n) is 8.92. The van der Waals surface area contributed by atoms with Crippen LogP contribution < -0.4 is 20.9 Å². The summed E-state index contributed by atoms with van der Waals surface area (Å²) in [5.41, 5.74) is 1.23. The van der Waals surface area contributed by atoms with Crippen LogP contribution in [0, 0.1) is 0 Å². The standard InChI is InChI=1S/C22H31N5O5/c1-22(2,3)32-21(31)23-14-19(29)27-12-10-26(11-13-27)16-6-4-15(5-7-16)24-17-8-9-18(28)25-20(17)30/h4-7,17,24H,8-14H2,1-3H3,(H,23,31)(H,25,28,30). The van der Waals surface area contributed by atoms with E-state index in [1.54, 1.807) is 25.7 Å². The number of benzene rings is 1. The fraction of sp³-hybridized carbons (Fsp3) is 0.545. The van der Waals surface area contributed by atoms with Crippen LogP contribution in [-0.4, -0.2) is 73.1 Å². The van der Waals surface area contributed by atoms with E-state index >= 15 is 0 Å². The molecule has 0 radical (unpaired) electrons. The van der Waals surface area contributed by atoms with Crippen molar-refractivity contribution in [3.63, 3.8) is 0 Å². The molecule has 10 nitrogen and oxygen atoms in total. The van der Waals surface area contributed by atoms with Crippen molar-refractivity contribution < 1.29 is 23.9 Å². The number of hydrogen-bond acceptors (Lipinski definition) is 7. The number of carbonyl (C=O) groups excluding carboxylic acids is 4. The Balaban J connectivity index is 1.44. The molecular formula is C22H31N5O5. The van der Waals surface area contributed by atoms with E-state index in [1.807, 2.05) is 24.3 Å². The average Bonchev–Trinajstić information content (AvgIpc) is 2.73. The summed E-state index contributed by atoms with van der Waals surface area (Å²) in [6.07, 6.45) is 0.207. The summed E-state index contributed by atoms with van der Waals surface area (Å²) in [6.45, 7) is 7.70. The van der Waals surface area contributed by atoms with Gasteiger partial charge in [0.2, 0.25) is 17.7 Å². The number of imide groups is 1. The number of hydrogen-bond donors (Lipinski definition) is 3. The Labute approximate surface area is 187 Å². The van der Waals surface area contributed by atoms with E-state index in [2.05, 4.69) is 20.9 Å². The zero-order valence-electron chi connectivity index (χ0n) is 18.8. The summed E-state index contributed by atoms with van der Waals surface area (Å²) in [5.74, 6) is -0.673. The Morgan fingerprint density at radius 1 is 1.09 bits per heavy atom. The molecule has 1 atom stereocenters. The molecule has 4 amide bonds. The predicted molar refractivity (Wildman–Crippen MR) is 119 cm³/mol. The number of piperidine rings is 1. The normalized spacial score (nSPS) is 19.3. The fourth-order valence-corrected chi connectivity index (χ4v) is 3.59. The first-order chi connectivity index (χ1) is 15.1. The highest BCUT2D eigenvalue weighted by atomic mass is 16.6. The molecule has 2 fully saturated rings. The number of piperazine rings is 1. The van der Waals surface area contributed by atoms with Gasteiger partial charge >= 0.3 is 6.09 Å². The smallest absolute Gasteiger partial charge is 0.408 e. The molecule has 0 aromatic heterocycles. The maximum absolute atomic E-state index is 12.4. The summed E-state index contributed by atoms with van der Waals surface area (Å²) in [4.78, 5) is 51.1. The molecule has 1 aromatic rings. The van der Waals surface area contributed by atoms with E-state index in [9.17, 15) is 19.2 Å². The number of anilines is 2. The highest BCUT2D eigenvalue weighted by Gasteiger charge is 2.26. The summed E-state index contributed by atoms with van der Waals surface area (Å²) >= 11 is 0. The number of ether oxygens (including phenoxy) is 1. The van der Waals surface area contributed by atoms with Gasteiger partial charge in [-0.05, 0) is 51.5 Å². The van der Waals surface area contributed by atoms with Crippen molar-refractivity contribution >= 4 is 35.2 Å². The van der Waals surface area contributed by atoms with Crippen molar-refractivity contribution in [3.05, 3.63) is 24.3 Å². The van der Waals surface area contributed by atoms with Gasteiger partial charge in [-0.2, -0.15) is 0 Å². The van der Waals surface area contributed by atoms with Crippen LogP contribution in [0.5, 0.6) is 0 Å². The van der Waals surface area contributed by atoms with Gasteiger partial charge < -0.3 is 25.2 Å². The molecule has 2 saturated heterocycles. The van der Waals surface area contributed by atoms with E-state index in [4.69, 9.17) is 4.74 Å². The molecule has 32 heavy (non-hydrogen) atoms. The first-order valence-electron chi connectivity index (χ1n) is 10.8. The van der Waals surface area contributed by atoms with Crippen LogP contribution in [0.25, 0.3) is 0 Å². The van der Waals surface area contributed by atoms with Crippen LogP contribution in [-0.2, 0) is 19.1 Å². The molecule has 2 heterocycles. The minimum atomic E-state index is -0.605. The van der Waals surface area contributed by atoms with Crippen LogP contribution in [0.15, 0.2) is 24.3 Å². The zero-order chi connectivity index (χ0) is 23.3. The first-order valence-corrected chi connectivity index (χ1v) is 10.8. The molecular weight excluding hydrogens is 414 g/mol. The largest absolute Gasteiger partial charge is 0.444 e. The third kappa shape index (κ3) is 6.60. The monoisotopic (exact) mass is 445 g/mol. The topological polar surface area (TPSA) is 120 Å². The highest BCUT2D eigenvalue weighted by molar-refractivity contribution is 6.01. The van der Waals surface area contributed by atoms with Gasteiger partial charge in [-0.1, -0.05) is 0 Å². The van der Waals surface area contributed by atoms with Gasteiger partial charge in [0, 0.05) is 44.0 Å². The lowest BCUT2D eigenvalue weighted by atomic mass is 10.1. The minimum absolute atomic E-state index is 0.0877. The number of rotatable bonds is 5. The molecule has 174 valence electrons. The van der Waals surface area contributed by atoms with E-state index < -0.39 is 17.7 Å². The summed E-state index contributed by atoms with van der Waals surface area (Å²) in [5, 5.41) is 8.00. The van der Waals surface area contributed by atoms with Crippen molar-refractivity contribution in [1.29, 1.82) is 0 Å². The highest BCUT2D eigenvalue weighted by Crippen LogP contribution is 2.21. The zero-order valence-corrected chi connectivity index (χ0v) is 18.8. The van der Waals surface area contributed by atoms with Crippen LogP contribution in [0.3, 0.4) is 0 Å². The van der Waals surface area contributed by atoms with Gasteiger partial charge in [-0.15, -0.1) is 0 Å². The van der Waals surface area contributed by atoms with Gasteiger partial charge in [-0.3, -0.25) is 19.7 Å². The molecule has 10 heteroatoms. The molecule has 2 aliphatic rings. The molecule has 0 aliphatic carbocycles. The number of nitrogens with one attached hydrogen (secondary N) is 3. The Morgan fingerprint density at radius 2 is 1.75 bits per heavy atom. The Morgan fingerprint density at radius 3 is 2.34 bits per heavy atom. The van der Waals surface area contributed by atoms with E-state index in [0.717, 1.165) is 11.4 Å². The number of carbonyl (C=O) groups is 4. The molecule has 0 spiro atoms. The van der Waals surface area contributed by atoms with Crippen molar-refractivity contribution in [2.24, 2.45) is 0 Å². The predicted octanol–water partition coefficient (Wildman–Crippen LogP) is 1.08. The molecule has 0 saturated carbocycles. The Kier molecular flexibility index (Phi) is 7.22. The fourth-order valence-electron chi connectivity index (χ4n) is 3.59. The summed E-state index contributed by atoms with van der Waals surface area (Å²) in [7, 11) is 0. The number of nitrogens with zero attached hydrogens (tertiary/aromatic N) is 2. The van der Waals surface area contributed by atoms with Gasteiger partial charge in [-0.25, -0.2) is 4.79 Å². The first kappa shape index (κ1) is 23.4. The SMILES string of the molecule is CC(C)(C)OC(=O)NCC(=O)N1CCN(c2ccc(NC3CCC(=O)NC3=O)cc2)CC1. The Hall–Kier alpha value is -3.30. The summed E-state index contributed by atoms with van der Waals surface area (Å²) in [6, 6.07) is 7.33.